The molecule has 3 rings (SSSR count). The van der Waals surface area contributed by atoms with Gasteiger partial charge in [0.05, 0.1) is 30.9 Å². The van der Waals surface area contributed by atoms with Gasteiger partial charge >= 0.3 is 0 Å². The van der Waals surface area contributed by atoms with E-state index in [1.54, 1.807) is 6.07 Å². The number of anilines is 1. The number of hydrogen-bond donors (Lipinski definition) is 1. The van der Waals surface area contributed by atoms with Gasteiger partial charge in [-0.25, -0.2) is 8.42 Å². The van der Waals surface area contributed by atoms with E-state index in [1.807, 2.05) is 6.92 Å². The fourth-order valence-electron chi connectivity index (χ4n) is 2.79. The molecule has 0 bridgehead atoms. The topological polar surface area (TPSA) is 84.9 Å². The Balaban J connectivity index is 1.86. The van der Waals surface area contributed by atoms with Crippen LogP contribution in [0.15, 0.2) is 23.1 Å². The van der Waals surface area contributed by atoms with Gasteiger partial charge in [-0.2, -0.15) is 4.31 Å². The monoisotopic (exact) mass is 354 g/mol. The zero-order valence-electron chi connectivity index (χ0n) is 13.8. The van der Waals surface area contributed by atoms with Crippen molar-refractivity contribution in [2.45, 2.75) is 18.2 Å². The molecule has 1 saturated heterocycles. The molecule has 2 atom stereocenters. The van der Waals surface area contributed by atoms with Crippen LogP contribution in [0.25, 0.3) is 0 Å². The number of morpholine rings is 1. The normalized spacial score (nSPS) is 24.4. The summed E-state index contributed by atoms with van der Waals surface area (Å²) in [6.45, 7) is 3.45. The van der Waals surface area contributed by atoms with Crippen LogP contribution in [0.1, 0.15) is 13.3 Å². The fraction of sp³-hybridized carbons (Fsp3) is 0.562. The van der Waals surface area contributed by atoms with Gasteiger partial charge in [0.1, 0.15) is 5.75 Å². The van der Waals surface area contributed by atoms with E-state index in [-0.39, 0.29) is 16.7 Å². The number of benzene rings is 1. The number of carbonyl (C=O) groups is 1. The number of rotatable bonds is 5. The van der Waals surface area contributed by atoms with Crippen LogP contribution in [-0.4, -0.2) is 52.0 Å². The van der Waals surface area contributed by atoms with Gasteiger partial charge in [0.15, 0.2) is 0 Å². The molecule has 132 valence electrons. The van der Waals surface area contributed by atoms with Crippen LogP contribution in [0.5, 0.6) is 5.75 Å². The van der Waals surface area contributed by atoms with E-state index in [4.69, 9.17) is 9.47 Å². The first-order valence-corrected chi connectivity index (χ1v) is 9.44. The van der Waals surface area contributed by atoms with Gasteiger partial charge in [0.25, 0.3) is 0 Å². The van der Waals surface area contributed by atoms with Crippen LogP contribution < -0.4 is 10.1 Å². The van der Waals surface area contributed by atoms with Gasteiger partial charge in [-0.15, -0.1) is 0 Å². The first-order valence-electron chi connectivity index (χ1n) is 8.00. The highest BCUT2D eigenvalue weighted by Gasteiger charge is 2.39. The Labute approximate surface area is 142 Å². The third kappa shape index (κ3) is 3.40. The Morgan fingerprint density at radius 2 is 2.00 bits per heavy atom. The van der Waals surface area contributed by atoms with Crippen LogP contribution in [0.4, 0.5) is 5.69 Å². The standard InChI is InChI=1S/C16H22N2O5S/c1-11-9-13(11)16(19)17-14-10-12(3-4-15(14)22-2)24(20,21)18-5-7-23-8-6-18/h3-4,10-11,13H,5-9H2,1-2H3,(H,17,19). The van der Waals surface area contributed by atoms with Crippen molar-refractivity contribution in [2.75, 3.05) is 38.7 Å². The number of carbonyl (C=O) groups excluding carboxylic acids is 1. The first-order chi connectivity index (χ1) is 11.4. The summed E-state index contributed by atoms with van der Waals surface area (Å²) >= 11 is 0. The van der Waals surface area contributed by atoms with Crippen molar-refractivity contribution in [2.24, 2.45) is 11.8 Å². The number of sulfonamides is 1. The largest absolute Gasteiger partial charge is 0.495 e. The van der Waals surface area contributed by atoms with E-state index in [9.17, 15) is 13.2 Å². The van der Waals surface area contributed by atoms with Gasteiger partial charge in [0.2, 0.25) is 15.9 Å². The smallest absolute Gasteiger partial charge is 0.243 e. The Morgan fingerprint density at radius 1 is 1.33 bits per heavy atom. The van der Waals surface area contributed by atoms with Crippen molar-refractivity contribution in [3.8, 4) is 5.75 Å². The molecule has 1 aromatic carbocycles. The average molecular weight is 354 g/mol. The molecule has 8 heteroatoms. The van der Waals surface area contributed by atoms with Crippen molar-refractivity contribution in [3.05, 3.63) is 18.2 Å². The lowest BCUT2D eigenvalue weighted by Gasteiger charge is -2.26. The Morgan fingerprint density at radius 3 is 2.58 bits per heavy atom. The lowest BCUT2D eigenvalue weighted by molar-refractivity contribution is -0.117. The second kappa shape index (κ2) is 6.70. The van der Waals surface area contributed by atoms with Crippen LogP contribution in [-0.2, 0) is 19.6 Å². The highest BCUT2D eigenvalue weighted by atomic mass is 32.2. The molecular formula is C16H22N2O5S. The first kappa shape index (κ1) is 17.2. The molecule has 0 radical (unpaired) electrons. The third-order valence-electron chi connectivity index (χ3n) is 4.48. The Bertz CT molecular complexity index is 728. The summed E-state index contributed by atoms with van der Waals surface area (Å²) in [6, 6.07) is 4.53. The zero-order chi connectivity index (χ0) is 17.3. The Hall–Kier alpha value is -1.64. The summed E-state index contributed by atoms with van der Waals surface area (Å²) in [5.41, 5.74) is 0.385. The van der Waals surface area contributed by atoms with E-state index in [1.165, 1.54) is 23.5 Å². The molecule has 1 N–H and O–H groups in total. The third-order valence-corrected chi connectivity index (χ3v) is 6.38. The summed E-state index contributed by atoms with van der Waals surface area (Å²) in [6.07, 6.45) is 0.861. The predicted octanol–water partition coefficient (Wildman–Crippen LogP) is 1.31. The fourth-order valence-corrected chi connectivity index (χ4v) is 4.23. The van der Waals surface area contributed by atoms with Crippen LogP contribution >= 0.6 is 0 Å². The van der Waals surface area contributed by atoms with Crippen LogP contribution in [0.3, 0.4) is 0 Å². The second-order valence-electron chi connectivity index (χ2n) is 6.19. The number of methoxy groups -OCH3 is 1. The van der Waals surface area contributed by atoms with Crippen molar-refractivity contribution < 1.29 is 22.7 Å². The van der Waals surface area contributed by atoms with Gasteiger partial charge in [-0.3, -0.25) is 4.79 Å². The van der Waals surface area contributed by atoms with Crippen molar-refractivity contribution in [1.29, 1.82) is 0 Å². The number of ether oxygens (including phenoxy) is 2. The van der Waals surface area contributed by atoms with Gasteiger partial charge in [0, 0.05) is 19.0 Å². The maximum atomic E-state index is 12.7. The Kier molecular flexibility index (Phi) is 4.80. The van der Waals surface area contributed by atoms with E-state index in [0.717, 1.165) is 6.42 Å². The molecule has 1 aliphatic carbocycles. The molecule has 1 aliphatic heterocycles. The lowest BCUT2D eigenvalue weighted by atomic mass is 10.2. The average Bonchev–Trinajstić information content (AvgIpc) is 3.32. The molecule has 0 aromatic heterocycles. The van der Waals surface area contributed by atoms with E-state index < -0.39 is 10.0 Å². The molecule has 2 aliphatic rings. The summed E-state index contributed by atoms with van der Waals surface area (Å²) in [5.74, 6) is 0.713. The highest BCUT2D eigenvalue weighted by molar-refractivity contribution is 7.89. The number of nitrogens with one attached hydrogen (secondary N) is 1. The number of amides is 1. The molecule has 2 fully saturated rings. The molecule has 2 unspecified atom stereocenters. The zero-order valence-corrected chi connectivity index (χ0v) is 14.6. The van der Waals surface area contributed by atoms with Crippen LogP contribution in [0.2, 0.25) is 0 Å². The lowest BCUT2D eigenvalue weighted by Crippen LogP contribution is -2.40. The molecule has 7 nitrogen and oxygen atoms in total. The second-order valence-corrected chi connectivity index (χ2v) is 8.13. The van der Waals surface area contributed by atoms with Gasteiger partial charge in [-0.05, 0) is 30.5 Å². The minimum atomic E-state index is -3.61. The molecule has 24 heavy (non-hydrogen) atoms. The summed E-state index contributed by atoms with van der Waals surface area (Å²) in [5, 5.41) is 2.80. The van der Waals surface area contributed by atoms with Gasteiger partial charge in [-0.1, -0.05) is 6.92 Å². The SMILES string of the molecule is COc1ccc(S(=O)(=O)N2CCOCC2)cc1NC(=O)C1CC1C. The summed E-state index contributed by atoms with van der Waals surface area (Å²) < 4.78 is 37.3. The van der Waals surface area contributed by atoms with E-state index >= 15 is 0 Å². The van der Waals surface area contributed by atoms with E-state index in [0.29, 0.717) is 43.7 Å². The molecule has 1 saturated carbocycles. The maximum absolute atomic E-state index is 12.7. The molecular weight excluding hydrogens is 332 g/mol. The van der Waals surface area contributed by atoms with Crippen molar-refractivity contribution >= 4 is 21.6 Å². The molecule has 0 spiro atoms. The number of nitrogens with zero attached hydrogens (tertiary/aromatic N) is 1. The minimum absolute atomic E-state index is 0.00536. The predicted molar refractivity (Wildman–Crippen MR) is 88.5 cm³/mol. The summed E-state index contributed by atoms with van der Waals surface area (Å²) in [7, 11) is -2.13. The highest BCUT2D eigenvalue weighted by Crippen LogP contribution is 2.39. The molecule has 1 heterocycles. The number of hydrogen-bond acceptors (Lipinski definition) is 5. The van der Waals surface area contributed by atoms with Gasteiger partial charge < -0.3 is 14.8 Å². The van der Waals surface area contributed by atoms with Crippen LogP contribution in [0, 0.1) is 11.8 Å². The molecule has 1 amide bonds. The maximum Gasteiger partial charge on any atom is 0.243 e. The quantitative estimate of drug-likeness (QED) is 0.862. The molecule has 1 aromatic rings. The minimum Gasteiger partial charge on any atom is -0.495 e. The van der Waals surface area contributed by atoms with E-state index in [2.05, 4.69) is 5.32 Å². The van der Waals surface area contributed by atoms with Crippen molar-refractivity contribution in [3.63, 3.8) is 0 Å². The summed E-state index contributed by atoms with van der Waals surface area (Å²) in [4.78, 5) is 12.3. The van der Waals surface area contributed by atoms with Crippen molar-refractivity contribution in [1.82, 2.24) is 4.31 Å².